The molecule has 0 aliphatic rings. The van der Waals surface area contributed by atoms with Crippen molar-refractivity contribution < 1.29 is 0 Å². The van der Waals surface area contributed by atoms with Gasteiger partial charge < -0.3 is 0 Å². The standard InChI is InChI=1S/C18H16N6/c1-13-9-14(2)24(22-13)18-21-19-12-23(18)20-11-15-7-8-16-5-3-4-6-17(16)10-15/h3-12H,1-2H3. The highest BCUT2D eigenvalue weighted by atomic mass is 15.5. The van der Waals surface area contributed by atoms with Gasteiger partial charge in [-0.25, -0.2) is 4.68 Å². The normalized spacial score (nSPS) is 11.6. The van der Waals surface area contributed by atoms with Gasteiger partial charge in [0.25, 0.3) is 5.95 Å². The molecule has 4 rings (SSSR count). The molecule has 0 fully saturated rings. The molecule has 2 aromatic carbocycles. The molecule has 0 spiro atoms. The molecule has 0 aliphatic heterocycles. The number of hydrogen-bond acceptors (Lipinski definition) is 4. The molecular weight excluding hydrogens is 300 g/mol. The van der Waals surface area contributed by atoms with E-state index in [1.165, 1.54) is 10.8 Å². The van der Waals surface area contributed by atoms with Gasteiger partial charge in [0.15, 0.2) is 0 Å². The molecule has 0 amide bonds. The van der Waals surface area contributed by atoms with E-state index in [4.69, 9.17) is 0 Å². The van der Waals surface area contributed by atoms with Crippen LogP contribution in [0, 0.1) is 13.8 Å². The lowest BCUT2D eigenvalue weighted by molar-refractivity contribution is 0.717. The Labute approximate surface area is 139 Å². The third-order valence-corrected chi connectivity index (χ3v) is 3.82. The number of benzene rings is 2. The van der Waals surface area contributed by atoms with E-state index in [1.54, 1.807) is 21.9 Å². The van der Waals surface area contributed by atoms with Gasteiger partial charge in [-0.3, -0.25) is 0 Å². The first-order valence-corrected chi connectivity index (χ1v) is 7.67. The van der Waals surface area contributed by atoms with Gasteiger partial charge in [0.1, 0.15) is 6.33 Å². The lowest BCUT2D eigenvalue weighted by atomic mass is 10.1. The van der Waals surface area contributed by atoms with E-state index >= 15 is 0 Å². The molecule has 6 heteroatoms. The highest BCUT2D eigenvalue weighted by molar-refractivity contribution is 5.90. The van der Waals surface area contributed by atoms with Crippen molar-refractivity contribution >= 4 is 17.0 Å². The molecule has 0 aliphatic carbocycles. The maximum absolute atomic E-state index is 4.48. The maximum atomic E-state index is 4.48. The Morgan fingerprint density at radius 2 is 1.83 bits per heavy atom. The van der Waals surface area contributed by atoms with Gasteiger partial charge in [-0.2, -0.15) is 14.9 Å². The maximum Gasteiger partial charge on any atom is 0.273 e. The van der Waals surface area contributed by atoms with Crippen LogP contribution in [0.2, 0.25) is 0 Å². The second kappa shape index (κ2) is 5.73. The van der Waals surface area contributed by atoms with E-state index in [-0.39, 0.29) is 0 Å². The third-order valence-electron chi connectivity index (χ3n) is 3.82. The zero-order valence-electron chi connectivity index (χ0n) is 13.5. The van der Waals surface area contributed by atoms with E-state index in [0.717, 1.165) is 17.0 Å². The van der Waals surface area contributed by atoms with Crippen LogP contribution < -0.4 is 0 Å². The second-order valence-electron chi connectivity index (χ2n) is 5.67. The summed E-state index contributed by atoms with van der Waals surface area (Å²) < 4.78 is 3.36. The summed E-state index contributed by atoms with van der Waals surface area (Å²) in [6.07, 6.45) is 3.37. The summed E-state index contributed by atoms with van der Waals surface area (Å²) in [6.45, 7) is 3.93. The van der Waals surface area contributed by atoms with Crippen LogP contribution in [0.3, 0.4) is 0 Å². The van der Waals surface area contributed by atoms with Crippen molar-refractivity contribution in [2.75, 3.05) is 0 Å². The Morgan fingerprint density at radius 3 is 2.62 bits per heavy atom. The van der Waals surface area contributed by atoms with Crippen LogP contribution in [0.4, 0.5) is 0 Å². The summed E-state index contributed by atoms with van der Waals surface area (Å²) in [7, 11) is 0. The SMILES string of the molecule is Cc1cc(C)n(-c2nncn2N=Cc2ccc3ccccc3c2)n1. The lowest BCUT2D eigenvalue weighted by Gasteiger charge is -2.03. The van der Waals surface area contributed by atoms with Gasteiger partial charge in [0, 0.05) is 5.69 Å². The van der Waals surface area contributed by atoms with Crippen molar-refractivity contribution in [1.29, 1.82) is 0 Å². The quantitative estimate of drug-likeness (QED) is 0.546. The van der Waals surface area contributed by atoms with Crippen molar-refractivity contribution in [3.63, 3.8) is 0 Å². The Hall–Kier alpha value is -3.28. The molecule has 2 heterocycles. The molecule has 0 unspecified atom stereocenters. The van der Waals surface area contributed by atoms with Crippen molar-refractivity contribution in [2.24, 2.45) is 5.10 Å². The average molecular weight is 316 g/mol. The van der Waals surface area contributed by atoms with Crippen LogP contribution in [0.1, 0.15) is 17.0 Å². The van der Waals surface area contributed by atoms with Gasteiger partial charge in [-0.05, 0) is 42.3 Å². The largest absolute Gasteiger partial charge is 0.273 e. The molecule has 24 heavy (non-hydrogen) atoms. The minimum atomic E-state index is 0.567. The summed E-state index contributed by atoms with van der Waals surface area (Å²) in [6, 6.07) is 16.5. The molecule has 0 radical (unpaired) electrons. The first-order chi connectivity index (χ1) is 11.7. The summed E-state index contributed by atoms with van der Waals surface area (Å²) in [5, 5.41) is 19.4. The van der Waals surface area contributed by atoms with Gasteiger partial charge in [-0.15, -0.1) is 10.2 Å². The minimum absolute atomic E-state index is 0.567. The summed E-state index contributed by atoms with van der Waals surface area (Å²) >= 11 is 0. The smallest absolute Gasteiger partial charge is 0.202 e. The van der Waals surface area contributed by atoms with Crippen LogP contribution in [0.25, 0.3) is 16.7 Å². The van der Waals surface area contributed by atoms with Crippen LogP contribution in [0.15, 0.2) is 60.0 Å². The first-order valence-electron chi connectivity index (χ1n) is 7.67. The van der Waals surface area contributed by atoms with E-state index in [2.05, 4.69) is 44.7 Å². The Morgan fingerprint density at radius 1 is 1.00 bits per heavy atom. The molecule has 4 aromatic rings. The van der Waals surface area contributed by atoms with Crippen LogP contribution >= 0.6 is 0 Å². The van der Waals surface area contributed by atoms with Crippen molar-refractivity contribution in [3.05, 3.63) is 71.8 Å². The summed E-state index contributed by atoms with van der Waals surface area (Å²) in [5.74, 6) is 0.567. The molecular formula is C18H16N6. The Kier molecular flexibility index (Phi) is 3.42. The molecule has 0 saturated carbocycles. The van der Waals surface area contributed by atoms with Crippen LogP contribution in [-0.4, -0.2) is 30.9 Å². The zero-order valence-corrected chi connectivity index (χ0v) is 13.5. The van der Waals surface area contributed by atoms with E-state index in [1.807, 2.05) is 38.1 Å². The highest BCUT2D eigenvalue weighted by Crippen LogP contribution is 2.15. The van der Waals surface area contributed by atoms with E-state index < -0.39 is 0 Å². The Balaban J connectivity index is 1.69. The van der Waals surface area contributed by atoms with Crippen LogP contribution in [-0.2, 0) is 0 Å². The topological polar surface area (TPSA) is 60.9 Å². The van der Waals surface area contributed by atoms with Crippen LogP contribution in [0.5, 0.6) is 0 Å². The average Bonchev–Trinajstić information content (AvgIpc) is 3.18. The zero-order chi connectivity index (χ0) is 16.5. The van der Waals surface area contributed by atoms with Crippen molar-refractivity contribution in [3.8, 4) is 5.95 Å². The first kappa shape index (κ1) is 14.3. The predicted octanol–water partition coefficient (Wildman–Crippen LogP) is 3.12. The van der Waals surface area contributed by atoms with Gasteiger partial charge in [0.2, 0.25) is 0 Å². The number of aromatic nitrogens is 5. The fourth-order valence-electron chi connectivity index (χ4n) is 2.69. The monoisotopic (exact) mass is 316 g/mol. The molecule has 6 nitrogen and oxygen atoms in total. The molecule has 0 atom stereocenters. The number of aryl methyl sites for hydroxylation is 2. The van der Waals surface area contributed by atoms with E-state index in [0.29, 0.717) is 5.95 Å². The molecule has 0 saturated heterocycles. The van der Waals surface area contributed by atoms with E-state index in [9.17, 15) is 0 Å². The highest BCUT2D eigenvalue weighted by Gasteiger charge is 2.10. The molecule has 0 N–H and O–H groups in total. The van der Waals surface area contributed by atoms with Gasteiger partial charge >= 0.3 is 0 Å². The molecule has 2 aromatic heterocycles. The Bertz CT molecular complexity index is 1040. The van der Waals surface area contributed by atoms with Gasteiger partial charge in [-0.1, -0.05) is 36.4 Å². The van der Waals surface area contributed by atoms with Crippen molar-refractivity contribution in [2.45, 2.75) is 13.8 Å². The lowest BCUT2D eigenvalue weighted by Crippen LogP contribution is -2.06. The minimum Gasteiger partial charge on any atom is -0.202 e. The number of hydrogen-bond donors (Lipinski definition) is 0. The second-order valence-corrected chi connectivity index (χ2v) is 5.67. The number of fused-ring (bicyclic) bond motifs is 1. The van der Waals surface area contributed by atoms with Gasteiger partial charge in [0.05, 0.1) is 11.9 Å². The van der Waals surface area contributed by atoms with Crippen molar-refractivity contribution in [1.82, 2.24) is 24.7 Å². The summed E-state index contributed by atoms with van der Waals surface area (Å²) in [5.41, 5.74) is 2.94. The number of nitrogens with zero attached hydrogens (tertiary/aromatic N) is 6. The third kappa shape index (κ3) is 2.58. The molecule has 118 valence electrons. The number of rotatable bonds is 3. The predicted molar refractivity (Wildman–Crippen MR) is 93.6 cm³/mol. The summed E-state index contributed by atoms with van der Waals surface area (Å²) in [4.78, 5) is 0. The molecule has 0 bridgehead atoms. The fourth-order valence-corrected chi connectivity index (χ4v) is 2.69. The fraction of sp³-hybridized carbons (Fsp3) is 0.111.